The molecule has 2 rings (SSSR count). The molecular weight excluding hydrogens is 242 g/mol. The summed E-state index contributed by atoms with van der Waals surface area (Å²) in [6.07, 6.45) is -0.683. The van der Waals surface area contributed by atoms with Gasteiger partial charge in [0, 0.05) is 5.69 Å². The van der Waals surface area contributed by atoms with E-state index < -0.39 is 6.10 Å². The van der Waals surface area contributed by atoms with Crippen LogP contribution in [0.4, 0.5) is 5.69 Å². The molecule has 1 atom stereocenters. The number of anilines is 1. The average molecular weight is 259 g/mol. The summed E-state index contributed by atoms with van der Waals surface area (Å²) in [4.78, 5) is 0. The molecule has 0 saturated heterocycles. The molecule has 3 N–H and O–H groups in total. The van der Waals surface area contributed by atoms with E-state index >= 15 is 0 Å². The topological polar surface area (TPSA) is 64.7 Å². The first-order valence-corrected chi connectivity index (χ1v) is 6.08. The van der Waals surface area contributed by atoms with Crippen molar-refractivity contribution in [1.29, 1.82) is 0 Å². The summed E-state index contributed by atoms with van der Waals surface area (Å²) < 4.78 is 10.9. The number of benzene rings is 2. The summed E-state index contributed by atoms with van der Waals surface area (Å²) in [6, 6.07) is 16.4. The van der Waals surface area contributed by atoms with Gasteiger partial charge in [-0.3, -0.25) is 0 Å². The first kappa shape index (κ1) is 13.2. The number of para-hydroxylation sites is 1. The Kier molecular flexibility index (Phi) is 4.64. The van der Waals surface area contributed by atoms with Crippen molar-refractivity contribution in [3.05, 3.63) is 54.6 Å². The van der Waals surface area contributed by atoms with Crippen molar-refractivity contribution in [3.8, 4) is 11.5 Å². The van der Waals surface area contributed by atoms with Gasteiger partial charge >= 0.3 is 0 Å². The number of nitrogen functional groups attached to an aromatic ring is 1. The zero-order valence-corrected chi connectivity index (χ0v) is 10.5. The Morgan fingerprint density at radius 3 is 1.95 bits per heavy atom. The first-order chi connectivity index (χ1) is 9.24. The molecule has 0 amide bonds. The van der Waals surface area contributed by atoms with Crippen molar-refractivity contribution in [2.24, 2.45) is 0 Å². The van der Waals surface area contributed by atoms with Crippen molar-refractivity contribution in [1.82, 2.24) is 0 Å². The van der Waals surface area contributed by atoms with Crippen molar-refractivity contribution in [2.75, 3.05) is 18.9 Å². The van der Waals surface area contributed by atoms with Crippen LogP contribution >= 0.6 is 0 Å². The molecule has 0 bridgehead atoms. The van der Waals surface area contributed by atoms with Gasteiger partial charge in [0.15, 0.2) is 0 Å². The Hall–Kier alpha value is -2.20. The third-order valence-corrected chi connectivity index (χ3v) is 2.51. The molecule has 0 fully saturated rings. The van der Waals surface area contributed by atoms with E-state index in [0.29, 0.717) is 11.4 Å². The second kappa shape index (κ2) is 6.66. The van der Waals surface area contributed by atoms with E-state index in [-0.39, 0.29) is 13.2 Å². The minimum absolute atomic E-state index is 0.177. The molecule has 0 aliphatic heterocycles. The summed E-state index contributed by atoms with van der Waals surface area (Å²) in [5, 5.41) is 9.75. The third-order valence-electron chi connectivity index (χ3n) is 2.51. The number of nitrogens with two attached hydrogens (primary N) is 1. The van der Waals surface area contributed by atoms with Crippen LogP contribution in [0.2, 0.25) is 0 Å². The van der Waals surface area contributed by atoms with E-state index in [9.17, 15) is 5.11 Å². The van der Waals surface area contributed by atoms with Crippen LogP contribution in [0.3, 0.4) is 0 Å². The summed E-state index contributed by atoms with van der Waals surface area (Å²) in [5.41, 5.74) is 6.25. The van der Waals surface area contributed by atoms with Gasteiger partial charge in [-0.25, -0.2) is 0 Å². The monoisotopic (exact) mass is 259 g/mol. The first-order valence-electron chi connectivity index (χ1n) is 6.08. The average Bonchev–Trinajstić information content (AvgIpc) is 2.45. The van der Waals surface area contributed by atoms with E-state index in [1.807, 2.05) is 30.3 Å². The molecule has 4 nitrogen and oxygen atoms in total. The Balaban J connectivity index is 1.72. The Bertz CT molecular complexity index is 485. The maximum absolute atomic E-state index is 9.75. The quantitative estimate of drug-likeness (QED) is 0.780. The molecule has 2 aromatic rings. The minimum atomic E-state index is -0.683. The number of ether oxygens (including phenoxy) is 2. The predicted octanol–water partition coefficient (Wildman–Crippen LogP) is 2.09. The van der Waals surface area contributed by atoms with Crippen LogP contribution in [0.5, 0.6) is 11.5 Å². The van der Waals surface area contributed by atoms with Crippen molar-refractivity contribution < 1.29 is 14.6 Å². The Morgan fingerprint density at radius 1 is 0.842 bits per heavy atom. The second-order valence-electron chi connectivity index (χ2n) is 4.16. The lowest BCUT2D eigenvalue weighted by Gasteiger charge is -2.13. The van der Waals surface area contributed by atoms with E-state index in [1.54, 1.807) is 24.3 Å². The van der Waals surface area contributed by atoms with Crippen LogP contribution in [0.1, 0.15) is 0 Å². The van der Waals surface area contributed by atoms with Crippen molar-refractivity contribution in [3.63, 3.8) is 0 Å². The van der Waals surface area contributed by atoms with Crippen LogP contribution in [0, 0.1) is 0 Å². The lowest BCUT2D eigenvalue weighted by atomic mass is 10.3. The molecular formula is C15H17NO3. The van der Waals surface area contributed by atoms with Crippen LogP contribution in [0.25, 0.3) is 0 Å². The summed E-state index contributed by atoms with van der Waals surface area (Å²) in [6.45, 7) is 0.371. The standard InChI is InChI=1S/C15H17NO3/c16-12-6-8-15(9-7-12)19-11-13(17)10-18-14-4-2-1-3-5-14/h1-9,13,17H,10-11,16H2. The highest BCUT2D eigenvalue weighted by Gasteiger charge is 2.06. The summed E-state index contributed by atoms with van der Waals surface area (Å²) in [7, 11) is 0. The molecule has 100 valence electrons. The van der Waals surface area contributed by atoms with Gasteiger partial charge in [-0.15, -0.1) is 0 Å². The van der Waals surface area contributed by atoms with Gasteiger partial charge in [-0.05, 0) is 36.4 Å². The molecule has 2 aromatic carbocycles. The van der Waals surface area contributed by atoms with Crippen molar-refractivity contribution in [2.45, 2.75) is 6.10 Å². The second-order valence-corrected chi connectivity index (χ2v) is 4.16. The van der Waals surface area contributed by atoms with E-state index in [1.165, 1.54) is 0 Å². The van der Waals surface area contributed by atoms with Gasteiger partial charge in [-0.2, -0.15) is 0 Å². The van der Waals surface area contributed by atoms with Crippen LogP contribution in [0.15, 0.2) is 54.6 Å². The highest BCUT2D eigenvalue weighted by molar-refractivity contribution is 5.41. The minimum Gasteiger partial charge on any atom is -0.491 e. The van der Waals surface area contributed by atoms with Gasteiger partial charge in [0.05, 0.1) is 0 Å². The number of aliphatic hydroxyl groups is 1. The fraction of sp³-hybridized carbons (Fsp3) is 0.200. The molecule has 4 heteroatoms. The molecule has 0 spiro atoms. The fourth-order valence-corrected chi connectivity index (χ4v) is 1.51. The molecule has 0 aromatic heterocycles. The SMILES string of the molecule is Nc1ccc(OCC(O)COc2ccccc2)cc1. The van der Waals surface area contributed by atoms with Crippen LogP contribution < -0.4 is 15.2 Å². The van der Waals surface area contributed by atoms with E-state index in [4.69, 9.17) is 15.2 Å². The molecule has 0 aliphatic carbocycles. The summed E-state index contributed by atoms with van der Waals surface area (Å²) in [5.74, 6) is 1.40. The molecule has 0 aliphatic rings. The maximum atomic E-state index is 9.75. The van der Waals surface area contributed by atoms with Crippen molar-refractivity contribution >= 4 is 5.69 Å². The zero-order valence-electron chi connectivity index (χ0n) is 10.5. The number of rotatable bonds is 6. The number of aliphatic hydroxyl groups excluding tert-OH is 1. The molecule has 0 radical (unpaired) electrons. The molecule has 0 saturated carbocycles. The predicted molar refractivity (Wildman–Crippen MR) is 74.3 cm³/mol. The molecule has 1 unspecified atom stereocenters. The Labute approximate surface area is 112 Å². The zero-order chi connectivity index (χ0) is 13.5. The van der Waals surface area contributed by atoms with Gasteiger partial charge in [0.1, 0.15) is 30.8 Å². The van der Waals surface area contributed by atoms with E-state index in [2.05, 4.69) is 0 Å². The van der Waals surface area contributed by atoms with Crippen LogP contribution in [-0.4, -0.2) is 24.4 Å². The van der Waals surface area contributed by atoms with Gasteiger partial charge in [0.25, 0.3) is 0 Å². The highest BCUT2D eigenvalue weighted by Crippen LogP contribution is 2.13. The number of hydrogen-bond donors (Lipinski definition) is 2. The normalized spacial score (nSPS) is 11.8. The van der Waals surface area contributed by atoms with Gasteiger partial charge in [0.2, 0.25) is 0 Å². The van der Waals surface area contributed by atoms with Crippen LogP contribution in [-0.2, 0) is 0 Å². The lowest BCUT2D eigenvalue weighted by molar-refractivity contribution is 0.0626. The number of hydrogen-bond acceptors (Lipinski definition) is 4. The highest BCUT2D eigenvalue weighted by atomic mass is 16.5. The fourth-order valence-electron chi connectivity index (χ4n) is 1.51. The molecule has 19 heavy (non-hydrogen) atoms. The van der Waals surface area contributed by atoms with Gasteiger partial charge < -0.3 is 20.3 Å². The third kappa shape index (κ3) is 4.52. The maximum Gasteiger partial charge on any atom is 0.122 e. The molecule has 0 heterocycles. The largest absolute Gasteiger partial charge is 0.491 e. The lowest BCUT2D eigenvalue weighted by Crippen LogP contribution is -2.25. The van der Waals surface area contributed by atoms with E-state index in [0.717, 1.165) is 5.75 Å². The smallest absolute Gasteiger partial charge is 0.122 e. The van der Waals surface area contributed by atoms with Gasteiger partial charge in [-0.1, -0.05) is 18.2 Å². The Morgan fingerprint density at radius 2 is 1.37 bits per heavy atom. The summed E-state index contributed by atoms with van der Waals surface area (Å²) >= 11 is 0.